The molecule has 1 aliphatic rings. The fourth-order valence-corrected chi connectivity index (χ4v) is 3.27. The first kappa shape index (κ1) is 18.4. The lowest BCUT2D eigenvalue weighted by atomic mass is 9.93. The number of halogens is 2. The first-order valence-electron chi connectivity index (χ1n) is 8.78. The molecule has 0 saturated carbocycles. The van der Waals surface area contributed by atoms with Gasteiger partial charge in [-0.1, -0.05) is 11.2 Å². The van der Waals surface area contributed by atoms with Crippen molar-refractivity contribution in [3.05, 3.63) is 47.6 Å². The zero-order valence-electron chi connectivity index (χ0n) is 14.5. The van der Waals surface area contributed by atoms with Crippen molar-refractivity contribution in [2.24, 2.45) is 5.92 Å². The maximum absolute atomic E-state index is 13.2. The van der Waals surface area contributed by atoms with Crippen LogP contribution in [0, 0.1) is 17.6 Å². The summed E-state index contributed by atoms with van der Waals surface area (Å²) >= 11 is 0. The van der Waals surface area contributed by atoms with Crippen molar-refractivity contribution in [1.82, 2.24) is 20.4 Å². The predicted octanol–water partition coefficient (Wildman–Crippen LogP) is 2.66. The van der Waals surface area contributed by atoms with Crippen molar-refractivity contribution in [2.45, 2.75) is 38.8 Å². The Hall–Kier alpha value is -2.35. The van der Waals surface area contributed by atoms with Crippen LogP contribution < -0.4 is 5.32 Å². The summed E-state index contributed by atoms with van der Waals surface area (Å²) in [6, 6.07) is 3.64. The Bertz CT molecular complexity index is 724. The van der Waals surface area contributed by atoms with Crippen molar-refractivity contribution in [3.8, 4) is 0 Å². The zero-order valence-corrected chi connectivity index (χ0v) is 14.5. The van der Waals surface area contributed by atoms with E-state index >= 15 is 0 Å². The number of carbonyl (C=O) groups is 1. The van der Waals surface area contributed by atoms with E-state index in [1.54, 1.807) is 0 Å². The van der Waals surface area contributed by atoms with Crippen molar-refractivity contribution in [3.63, 3.8) is 0 Å². The van der Waals surface area contributed by atoms with Gasteiger partial charge >= 0.3 is 0 Å². The molecule has 6 nitrogen and oxygen atoms in total. The molecule has 1 atom stereocenters. The fraction of sp³-hybridized carbons (Fsp3) is 0.500. The van der Waals surface area contributed by atoms with E-state index in [0.717, 1.165) is 44.5 Å². The Balaban J connectivity index is 1.38. The average molecular weight is 364 g/mol. The van der Waals surface area contributed by atoms with Crippen molar-refractivity contribution >= 4 is 5.91 Å². The van der Waals surface area contributed by atoms with Gasteiger partial charge in [0.2, 0.25) is 12.3 Å². The van der Waals surface area contributed by atoms with E-state index in [1.165, 1.54) is 12.5 Å². The van der Waals surface area contributed by atoms with E-state index in [2.05, 4.69) is 20.4 Å². The quantitative estimate of drug-likeness (QED) is 0.818. The molecule has 1 aromatic heterocycles. The lowest BCUT2D eigenvalue weighted by Gasteiger charge is -2.31. The SMILES string of the molecule is O=C(CC[C@@H]1CCCN(Cc2ncon2)C1)NCc1ccc(F)c(F)c1. The molecule has 2 heterocycles. The molecule has 3 rings (SSSR count). The van der Waals surface area contributed by atoms with Crippen LogP contribution in [-0.4, -0.2) is 34.0 Å². The number of likely N-dealkylation sites (tertiary alicyclic amines) is 1. The zero-order chi connectivity index (χ0) is 18.4. The van der Waals surface area contributed by atoms with Gasteiger partial charge < -0.3 is 9.84 Å². The summed E-state index contributed by atoms with van der Waals surface area (Å²) in [5.41, 5.74) is 0.543. The second-order valence-electron chi connectivity index (χ2n) is 6.65. The number of hydrogen-bond donors (Lipinski definition) is 1. The Morgan fingerprint density at radius 1 is 1.35 bits per heavy atom. The highest BCUT2D eigenvalue weighted by Crippen LogP contribution is 2.22. The minimum atomic E-state index is -0.902. The summed E-state index contributed by atoms with van der Waals surface area (Å²) in [7, 11) is 0. The van der Waals surface area contributed by atoms with E-state index in [-0.39, 0.29) is 12.5 Å². The third kappa shape index (κ3) is 5.32. The number of nitrogens with zero attached hydrogens (tertiary/aromatic N) is 3. The van der Waals surface area contributed by atoms with Crippen LogP contribution in [-0.2, 0) is 17.9 Å². The van der Waals surface area contributed by atoms with Crippen molar-refractivity contribution in [2.75, 3.05) is 13.1 Å². The number of carbonyl (C=O) groups excluding carboxylic acids is 1. The van der Waals surface area contributed by atoms with E-state index in [1.807, 2.05) is 0 Å². The van der Waals surface area contributed by atoms with E-state index < -0.39 is 11.6 Å². The highest BCUT2D eigenvalue weighted by Gasteiger charge is 2.21. The van der Waals surface area contributed by atoms with Gasteiger partial charge in [-0.05, 0) is 49.4 Å². The molecule has 1 aromatic carbocycles. The standard InChI is InChI=1S/C18H22F2N4O2/c19-15-5-3-14(8-16(15)20)9-21-18(25)6-4-13-2-1-7-24(10-13)11-17-22-12-26-23-17/h3,5,8,12-13H,1-2,4,6-7,9-11H2,(H,21,25)/t13-/m0/s1. The number of benzene rings is 1. The highest BCUT2D eigenvalue weighted by atomic mass is 19.2. The lowest BCUT2D eigenvalue weighted by Crippen LogP contribution is -2.35. The smallest absolute Gasteiger partial charge is 0.220 e. The summed E-state index contributed by atoms with van der Waals surface area (Å²) in [5, 5.41) is 6.59. The third-order valence-electron chi connectivity index (χ3n) is 4.63. The first-order valence-corrected chi connectivity index (χ1v) is 8.78. The van der Waals surface area contributed by atoms with Gasteiger partial charge in [-0.2, -0.15) is 4.98 Å². The molecule has 1 amide bonds. The number of nitrogens with one attached hydrogen (secondary N) is 1. The van der Waals surface area contributed by atoms with Crippen molar-refractivity contribution < 1.29 is 18.1 Å². The van der Waals surface area contributed by atoms with E-state index in [0.29, 0.717) is 30.3 Å². The molecule has 0 aliphatic carbocycles. The minimum Gasteiger partial charge on any atom is -0.352 e. The number of hydrogen-bond acceptors (Lipinski definition) is 5. The van der Waals surface area contributed by atoms with Crippen LogP contribution in [0.3, 0.4) is 0 Å². The summed E-state index contributed by atoms with van der Waals surface area (Å²) in [6.45, 7) is 2.76. The van der Waals surface area contributed by atoms with Crippen LogP contribution in [0.1, 0.15) is 37.1 Å². The molecule has 0 spiro atoms. The van der Waals surface area contributed by atoms with Gasteiger partial charge in [-0.15, -0.1) is 0 Å². The molecule has 1 saturated heterocycles. The number of aromatic nitrogens is 2. The van der Waals surface area contributed by atoms with Crippen LogP contribution >= 0.6 is 0 Å². The third-order valence-corrected chi connectivity index (χ3v) is 4.63. The molecule has 0 radical (unpaired) electrons. The molecular formula is C18H22F2N4O2. The summed E-state index contributed by atoms with van der Waals surface area (Å²) in [4.78, 5) is 18.3. The normalized spacial score (nSPS) is 18.0. The molecule has 8 heteroatoms. The molecule has 1 N–H and O–H groups in total. The van der Waals surface area contributed by atoms with Gasteiger partial charge in [-0.25, -0.2) is 8.78 Å². The molecule has 2 aromatic rings. The largest absolute Gasteiger partial charge is 0.352 e. The Morgan fingerprint density at radius 2 is 2.23 bits per heavy atom. The van der Waals surface area contributed by atoms with Gasteiger partial charge in [-0.3, -0.25) is 9.69 Å². The first-order chi connectivity index (χ1) is 12.6. The van der Waals surface area contributed by atoms with Gasteiger partial charge in [0.15, 0.2) is 17.5 Å². The maximum Gasteiger partial charge on any atom is 0.220 e. The topological polar surface area (TPSA) is 71.3 Å². The van der Waals surface area contributed by atoms with Gasteiger partial charge in [0.1, 0.15) is 0 Å². The predicted molar refractivity (Wildman–Crippen MR) is 89.7 cm³/mol. The summed E-state index contributed by atoms with van der Waals surface area (Å²) in [5.74, 6) is -0.743. The summed E-state index contributed by atoms with van der Waals surface area (Å²) < 4.78 is 30.8. The fourth-order valence-electron chi connectivity index (χ4n) is 3.27. The maximum atomic E-state index is 13.2. The molecule has 26 heavy (non-hydrogen) atoms. The Kier molecular flexibility index (Phi) is 6.27. The monoisotopic (exact) mass is 364 g/mol. The van der Waals surface area contributed by atoms with Crippen molar-refractivity contribution in [1.29, 1.82) is 0 Å². The Labute approximate surface area is 150 Å². The average Bonchev–Trinajstić information content (AvgIpc) is 3.14. The summed E-state index contributed by atoms with van der Waals surface area (Å²) in [6.07, 6.45) is 4.73. The molecule has 0 unspecified atom stereocenters. The van der Waals surface area contributed by atoms with Gasteiger partial charge in [0, 0.05) is 19.5 Å². The molecule has 1 aliphatic heterocycles. The Morgan fingerprint density at radius 3 is 3.00 bits per heavy atom. The van der Waals surface area contributed by atoms with E-state index in [4.69, 9.17) is 4.52 Å². The molecular weight excluding hydrogens is 342 g/mol. The highest BCUT2D eigenvalue weighted by molar-refractivity contribution is 5.75. The molecule has 140 valence electrons. The van der Waals surface area contributed by atoms with Crippen LogP contribution in [0.4, 0.5) is 8.78 Å². The second kappa shape index (κ2) is 8.84. The molecule has 1 fully saturated rings. The van der Waals surface area contributed by atoms with Crippen LogP contribution in [0.5, 0.6) is 0 Å². The lowest BCUT2D eigenvalue weighted by molar-refractivity contribution is -0.121. The van der Waals surface area contributed by atoms with Crippen LogP contribution in [0.2, 0.25) is 0 Å². The second-order valence-corrected chi connectivity index (χ2v) is 6.65. The number of rotatable bonds is 7. The minimum absolute atomic E-state index is 0.0787. The number of piperidine rings is 1. The number of amides is 1. The van der Waals surface area contributed by atoms with Crippen LogP contribution in [0.25, 0.3) is 0 Å². The van der Waals surface area contributed by atoms with E-state index in [9.17, 15) is 13.6 Å². The van der Waals surface area contributed by atoms with Crippen LogP contribution in [0.15, 0.2) is 29.1 Å². The molecule has 0 bridgehead atoms. The van der Waals surface area contributed by atoms with Gasteiger partial charge in [0.25, 0.3) is 0 Å². The van der Waals surface area contributed by atoms with Gasteiger partial charge in [0.05, 0.1) is 6.54 Å².